The number of hydrogen-bond donors (Lipinski definition) is 2. The summed E-state index contributed by atoms with van der Waals surface area (Å²) in [5.41, 5.74) is 6.88. The van der Waals surface area contributed by atoms with Crippen molar-refractivity contribution >= 4 is 22.0 Å². The molecule has 1 heterocycles. The molecule has 0 aliphatic carbocycles. The zero-order valence-corrected chi connectivity index (χ0v) is 12.4. The van der Waals surface area contributed by atoms with Crippen LogP contribution in [-0.4, -0.2) is 37.2 Å². The first kappa shape index (κ1) is 14.1. The zero-order valence-electron chi connectivity index (χ0n) is 10.9. The largest absolute Gasteiger partial charge is 0.491 e. The zero-order chi connectivity index (χ0) is 13.8. The summed E-state index contributed by atoms with van der Waals surface area (Å²) < 4.78 is 6.71. The lowest BCUT2D eigenvalue weighted by molar-refractivity contribution is 0.202. The van der Waals surface area contributed by atoms with E-state index in [4.69, 9.17) is 10.5 Å². The molecule has 6 heteroatoms. The summed E-state index contributed by atoms with van der Waals surface area (Å²) in [4.78, 5) is 13.1. The van der Waals surface area contributed by atoms with Crippen LogP contribution in [-0.2, 0) is 0 Å². The lowest BCUT2D eigenvalue weighted by atomic mass is 10.1. The number of ether oxygens (including phenoxy) is 1. The van der Waals surface area contributed by atoms with E-state index in [9.17, 15) is 4.79 Å². The maximum Gasteiger partial charge on any atom is 0.317 e. The molecule has 1 aromatic carbocycles. The van der Waals surface area contributed by atoms with Crippen molar-refractivity contribution in [1.29, 1.82) is 0 Å². The van der Waals surface area contributed by atoms with Crippen molar-refractivity contribution in [3.63, 3.8) is 0 Å². The van der Waals surface area contributed by atoms with Crippen LogP contribution in [0.25, 0.3) is 0 Å². The second-order valence-corrected chi connectivity index (χ2v) is 5.45. The van der Waals surface area contributed by atoms with Gasteiger partial charge in [-0.15, -0.1) is 0 Å². The van der Waals surface area contributed by atoms with Gasteiger partial charge >= 0.3 is 6.03 Å². The number of rotatable bonds is 5. The van der Waals surface area contributed by atoms with E-state index in [-0.39, 0.29) is 12.1 Å². The minimum atomic E-state index is -0.0850. The second-order valence-electron chi connectivity index (χ2n) is 4.54. The summed E-state index contributed by atoms with van der Waals surface area (Å²) in [6.07, 6.45) is 0. The van der Waals surface area contributed by atoms with Crippen LogP contribution in [0.3, 0.4) is 0 Å². The smallest absolute Gasteiger partial charge is 0.317 e. The van der Waals surface area contributed by atoms with Crippen molar-refractivity contribution in [2.45, 2.75) is 13.0 Å². The molecule has 2 amide bonds. The maximum absolute atomic E-state index is 11.4. The van der Waals surface area contributed by atoms with Gasteiger partial charge in [0.25, 0.3) is 0 Å². The Balaban J connectivity index is 1.95. The van der Waals surface area contributed by atoms with Crippen LogP contribution in [0.1, 0.15) is 18.5 Å². The van der Waals surface area contributed by atoms with Crippen molar-refractivity contribution in [2.24, 2.45) is 5.73 Å². The highest BCUT2D eigenvalue weighted by molar-refractivity contribution is 9.10. The molecule has 5 nitrogen and oxygen atoms in total. The molecule has 1 aromatic rings. The number of carbonyl (C=O) groups excluding carboxylic acids is 1. The number of nitrogens with one attached hydrogen (secondary N) is 1. The number of nitrogens with two attached hydrogens (primary N) is 1. The Hall–Kier alpha value is -1.27. The van der Waals surface area contributed by atoms with Crippen LogP contribution in [0.5, 0.6) is 5.75 Å². The number of hydrogen-bond acceptors (Lipinski definition) is 3. The van der Waals surface area contributed by atoms with Gasteiger partial charge in [-0.2, -0.15) is 0 Å². The van der Waals surface area contributed by atoms with Crippen molar-refractivity contribution < 1.29 is 9.53 Å². The molecule has 0 aromatic heterocycles. The summed E-state index contributed by atoms with van der Waals surface area (Å²) in [5, 5.41) is 2.76. The van der Waals surface area contributed by atoms with Crippen molar-refractivity contribution in [3.8, 4) is 5.75 Å². The van der Waals surface area contributed by atoms with E-state index >= 15 is 0 Å². The summed E-state index contributed by atoms with van der Waals surface area (Å²) >= 11 is 3.42. The fourth-order valence-corrected chi connectivity index (χ4v) is 2.34. The van der Waals surface area contributed by atoms with E-state index in [1.54, 1.807) is 4.90 Å². The van der Waals surface area contributed by atoms with Crippen LogP contribution in [0.4, 0.5) is 4.79 Å². The van der Waals surface area contributed by atoms with E-state index in [2.05, 4.69) is 21.2 Å². The Labute approximate surface area is 121 Å². The Morgan fingerprint density at radius 1 is 1.58 bits per heavy atom. The van der Waals surface area contributed by atoms with Gasteiger partial charge in [0.1, 0.15) is 12.4 Å². The van der Waals surface area contributed by atoms with E-state index in [1.807, 2.05) is 25.1 Å². The number of halogens is 1. The minimum absolute atomic E-state index is 0.0229. The fraction of sp³-hybridized carbons (Fsp3) is 0.462. The third kappa shape index (κ3) is 3.61. The summed E-state index contributed by atoms with van der Waals surface area (Å²) in [6.45, 7) is 4.41. The Bertz CT molecular complexity index is 465. The Morgan fingerprint density at radius 3 is 3.00 bits per heavy atom. The summed E-state index contributed by atoms with van der Waals surface area (Å²) in [5.74, 6) is 0.768. The van der Waals surface area contributed by atoms with Gasteiger partial charge in [-0.25, -0.2) is 4.79 Å². The van der Waals surface area contributed by atoms with E-state index in [1.165, 1.54) is 0 Å². The number of amides is 2. The average molecular weight is 328 g/mol. The minimum Gasteiger partial charge on any atom is -0.491 e. The predicted octanol–water partition coefficient (Wildman–Crippen LogP) is 1.87. The standard InChI is InChI=1S/C13H18BrN3O2/c1-9(15)11-3-2-10(14)8-12(11)19-7-6-17-5-4-16-13(17)18/h2-3,8-9H,4-7,15H2,1H3,(H,16,18)/t9-/m1/s1. The molecule has 0 unspecified atom stereocenters. The van der Waals surface area contributed by atoms with Gasteiger partial charge in [0.05, 0.1) is 6.54 Å². The molecule has 0 bridgehead atoms. The summed E-state index contributed by atoms with van der Waals surface area (Å²) in [7, 11) is 0. The number of nitrogens with zero attached hydrogens (tertiary/aromatic N) is 1. The van der Waals surface area contributed by atoms with E-state index in [0.717, 1.165) is 22.3 Å². The SMILES string of the molecule is C[C@@H](N)c1ccc(Br)cc1OCCN1CCNC1=O. The second kappa shape index (κ2) is 6.25. The van der Waals surface area contributed by atoms with Crippen LogP contribution in [0, 0.1) is 0 Å². The highest BCUT2D eigenvalue weighted by atomic mass is 79.9. The molecule has 1 fully saturated rings. The maximum atomic E-state index is 11.4. The normalized spacial score (nSPS) is 16.4. The Kier molecular flexibility index (Phi) is 4.66. The molecule has 1 saturated heterocycles. The van der Waals surface area contributed by atoms with Crippen molar-refractivity contribution in [1.82, 2.24) is 10.2 Å². The molecule has 104 valence electrons. The van der Waals surface area contributed by atoms with Gasteiger partial charge in [0, 0.05) is 29.2 Å². The van der Waals surface area contributed by atoms with Crippen LogP contribution < -0.4 is 15.8 Å². The first-order chi connectivity index (χ1) is 9.08. The molecule has 0 spiro atoms. The molecule has 1 aliphatic rings. The van der Waals surface area contributed by atoms with Gasteiger partial charge < -0.3 is 20.7 Å². The lowest BCUT2D eigenvalue weighted by Gasteiger charge is -2.17. The van der Waals surface area contributed by atoms with Gasteiger partial charge in [0.2, 0.25) is 0 Å². The number of carbonyl (C=O) groups is 1. The molecule has 1 atom stereocenters. The van der Waals surface area contributed by atoms with Crippen LogP contribution >= 0.6 is 15.9 Å². The number of urea groups is 1. The molecule has 1 aliphatic heterocycles. The molecule has 2 rings (SSSR count). The summed E-state index contributed by atoms with van der Waals surface area (Å²) in [6, 6.07) is 5.69. The van der Waals surface area contributed by atoms with Crippen LogP contribution in [0.15, 0.2) is 22.7 Å². The van der Waals surface area contributed by atoms with Gasteiger partial charge in [0.15, 0.2) is 0 Å². The highest BCUT2D eigenvalue weighted by Gasteiger charge is 2.19. The van der Waals surface area contributed by atoms with Crippen LogP contribution in [0.2, 0.25) is 0 Å². The third-order valence-corrected chi connectivity index (χ3v) is 3.52. The van der Waals surface area contributed by atoms with Crippen molar-refractivity contribution in [2.75, 3.05) is 26.2 Å². The Morgan fingerprint density at radius 2 is 2.37 bits per heavy atom. The lowest BCUT2D eigenvalue weighted by Crippen LogP contribution is -2.32. The molecule has 19 heavy (non-hydrogen) atoms. The number of benzene rings is 1. The fourth-order valence-electron chi connectivity index (χ4n) is 2.00. The molecule has 0 saturated carbocycles. The molecule has 0 radical (unpaired) electrons. The first-order valence-corrected chi connectivity index (χ1v) is 7.08. The first-order valence-electron chi connectivity index (χ1n) is 6.28. The monoisotopic (exact) mass is 327 g/mol. The predicted molar refractivity (Wildman–Crippen MR) is 77.2 cm³/mol. The molecular formula is C13H18BrN3O2. The highest BCUT2D eigenvalue weighted by Crippen LogP contribution is 2.27. The van der Waals surface area contributed by atoms with Gasteiger partial charge in [-0.1, -0.05) is 22.0 Å². The van der Waals surface area contributed by atoms with Gasteiger partial charge in [-0.05, 0) is 19.1 Å². The quantitative estimate of drug-likeness (QED) is 0.867. The topological polar surface area (TPSA) is 67.6 Å². The third-order valence-electron chi connectivity index (χ3n) is 3.03. The average Bonchev–Trinajstić information content (AvgIpc) is 2.75. The van der Waals surface area contributed by atoms with Crippen molar-refractivity contribution in [3.05, 3.63) is 28.2 Å². The van der Waals surface area contributed by atoms with Gasteiger partial charge in [-0.3, -0.25) is 0 Å². The van der Waals surface area contributed by atoms with E-state index < -0.39 is 0 Å². The van der Waals surface area contributed by atoms with E-state index in [0.29, 0.717) is 19.7 Å². The molecular weight excluding hydrogens is 310 g/mol. The molecule has 3 N–H and O–H groups in total.